The fraction of sp³-hybridized carbons (Fsp3) is 0. The Kier molecular flexibility index (Phi) is 5.88. The first-order valence-corrected chi connectivity index (χ1v) is 15.5. The number of rotatable bonds is 4. The van der Waals surface area contributed by atoms with E-state index in [4.69, 9.17) is 6.57 Å². The zero-order valence-electron chi connectivity index (χ0n) is 24.9. The molecule has 0 aliphatic rings. The Balaban J connectivity index is 1.30. The topological polar surface area (TPSA) is 14.2 Å². The van der Waals surface area contributed by atoms with E-state index in [0.29, 0.717) is 5.69 Å². The van der Waals surface area contributed by atoms with Crippen LogP contribution in [0.1, 0.15) is 0 Å². The average molecular weight is 586 g/mol. The van der Waals surface area contributed by atoms with Gasteiger partial charge >= 0.3 is 0 Å². The van der Waals surface area contributed by atoms with Crippen LogP contribution in [-0.4, -0.2) is 9.13 Å². The van der Waals surface area contributed by atoms with Crippen LogP contribution in [-0.2, 0) is 0 Å². The van der Waals surface area contributed by atoms with Crippen LogP contribution in [0.3, 0.4) is 0 Å². The van der Waals surface area contributed by atoms with Crippen LogP contribution < -0.4 is 0 Å². The number of para-hydroxylation sites is 5. The van der Waals surface area contributed by atoms with Crippen LogP contribution in [0.25, 0.3) is 82.1 Å². The van der Waals surface area contributed by atoms with Gasteiger partial charge in [-0.05, 0) is 64.7 Å². The summed E-state index contributed by atoms with van der Waals surface area (Å²) in [5.41, 5.74) is 11.5. The maximum absolute atomic E-state index is 8.25. The summed E-state index contributed by atoms with van der Waals surface area (Å²) in [7, 11) is 0. The Labute approximate surface area is 266 Å². The smallest absolute Gasteiger partial charge is 0.195 e. The summed E-state index contributed by atoms with van der Waals surface area (Å²) in [5, 5.41) is 4.90. The maximum atomic E-state index is 8.25. The van der Waals surface area contributed by atoms with Gasteiger partial charge in [-0.1, -0.05) is 121 Å². The van der Waals surface area contributed by atoms with Crippen LogP contribution in [0, 0.1) is 6.57 Å². The molecule has 2 aromatic heterocycles. The van der Waals surface area contributed by atoms with Gasteiger partial charge in [-0.25, -0.2) is 4.85 Å². The molecule has 3 heteroatoms. The van der Waals surface area contributed by atoms with E-state index in [2.05, 4.69) is 166 Å². The first-order chi connectivity index (χ1) is 22.8. The lowest BCUT2D eigenvalue weighted by Crippen LogP contribution is -1.98. The summed E-state index contributed by atoms with van der Waals surface area (Å²) in [5.74, 6) is 0. The van der Waals surface area contributed by atoms with Gasteiger partial charge in [-0.15, -0.1) is 0 Å². The molecule has 0 N–H and O–H groups in total. The Bertz CT molecular complexity index is 2560. The highest BCUT2D eigenvalue weighted by molar-refractivity contribution is 6.11. The molecule has 7 aromatic carbocycles. The van der Waals surface area contributed by atoms with Crippen molar-refractivity contribution in [1.29, 1.82) is 0 Å². The number of hydrogen-bond donors (Lipinski definition) is 0. The summed E-state index contributed by atoms with van der Waals surface area (Å²) in [4.78, 5) is 4.07. The molecule has 0 radical (unpaired) electrons. The minimum atomic E-state index is 0.632. The van der Waals surface area contributed by atoms with E-state index in [1.54, 1.807) is 0 Å². The van der Waals surface area contributed by atoms with Crippen LogP contribution in [0.5, 0.6) is 0 Å². The minimum absolute atomic E-state index is 0.632. The van der Waals surface area contributed by atoms with Gasteiger partial charge < -0.3 is 9.13 Å². The van der Waals surface area contributed by atoms with Crippen molar-refractivity contribution in [1.82, 2.24) is 9.13 Å². The third kappa shape index (κ3) is 3.84. The molecule has 0 amide bonds. The molecule has 0 fully saturated rings. The van der Waals surface area contributed by atoms with E-state index in [0.717, 1.165) is 44.7 Å². The van der Waals surface area contributed by atoms with E-state index in [-0.39, 0.29) is 0 Å². The Morgan fingerprint density at radius 3 is 1.48 bits per heavy atom. The Morgan fingerprint density at radius 1 is 0.413 bits per heavy atom. The van der Waals surface area contributed by atoms with E-state index in [9.17, 15) is 0 Å². The fourth-order valence-corrected chi connectivity index (χ4v) is 7.23. The van der Waals surface area contributed by atoms with Gasteiger partial charge in [0.05, 0.1) is 34.3 Å². The standard InChI is InChI=1S/C43H27N3/c1-44-37-22-13-21-31(29-14-12-15-30(28-29)45-38-23-7-2-16-32(38)33-17-3-8-24-39(33)45)43(37)36-20-6-11-27-42(36)46-40-25-9-4-18-34(40)35-19-5-10-26-41(35)46/h2-28H. The number of benzene rings is 7. The van der Waals surface area contributed by atoms with Gasteiger partial charge in [0.1, 0.15) is 0 Å². The van der Waals surface area contributed by atoms with E-state index >= 15 is 0 Å². The molecule has 2 heterocycles. The van der Waals surface area contributed by atoms with Crippen molar-refractivity contribution >= 4 is 49.3 Å². The van der Waals surface area contributed by atoms with Crippen molar-refractivity contribution in [3.63, 3.8) is 0 Å². The van der Waals surface area contributed by atoms with Crippen molar-refractivity contribution in [3.8, 4) is 33.6 Å². The molecule has 0 unspecified atom stereocenters. The minimum Gasteiger partial charge on any atom is -0.309 e. The van der Waals surface area contributed by atoms with Crippen molar-refractivity contribution in [2.45, 2.75) is 0 Å². The predicted octanol–water partition coefficient (Wildman–Crippen LogP) is 11.8. The predicted molar refractivity (Wildman–Crippen MR) is 192 cm³/mol. The molecule has 0 aliphatic heterocycles. The zero-order chi connectivity index (χ0) is 30.6. The summed E-state index contributed by atoms with van der Waals surface area (Å²) < 4.78 is 4.69. The van der Waals surface area contributed by atoms with Crippen LogP contribution in [0.15, 0.2) is 164 Å². The maximum Gasteiger partial charge on any atom is 0.195 e. The van der Waals surface area contributed by atoms with Crippen LogP contribution >= 0.6 is 0 Å². The monoisotopic (exact) mass is 585 g/mol. The molecule has 9 rings (SSSR count). The molecular weight excluding hydrogens is 558 g/mol. The summed E-state index contributed by atoms with van der Waals surface area (Å²) >= 11 is 0. The molecule has 46 heavy (non-hydrogen) atoms. The zero-order valence-corrected chi connectivity index (χ0v) is 24.9. The van der Waals surface area contributed by atoms with Crippen molar-refractivity contribution in [2.75, 3.05) is 0 Å². The van der Waals surface area contributed by atoms with Crippen LogP contribution in [0.4, 0.5) is 5.69 Å². The molecule has 0 atom stereocenters. The molecule has 3 nitrogen and oxygen atoms in total. The van der Waals surface area contributed by atoms with Gasteiger partial charge in [0.2, 0.25) is 0 Å². The van der Waals surface area contributed by atoms with Crippen molar-refractivity contribution in [2.24, 2.45) is 0 Å². The molecule has 0 aliphatic carbocycles. The van der Waals surface area contributed by atoms with Crippen molar-refractivity contribution in [3.05, 3.63) is 175 Å². The van der Waals surface area contributed by atoms with Crippen LogP contribution in [0.2, 0.25) is 0 Å². The molecule has 0 saturated carbocycles. The lowest BCUT2D eigenvalue weighted by atomic mass is 9.91. The van der Waals surface area contributed by atoms with Gasteiger partial charge in [0, 0.05) is 27.2 Å². The van der Waals surface area contributed by atoms with Gasteiger partial charge in [-0.3, -0.25) is 0 Å². The quantitative estimate of drug-likeness (QED) is 0.182. The Morgan fingerprint density at radius 2 is 0.891 bits per heavy atom. The third-order valence-corrected chi connectivity index (χ3v) is 9.15. The lowest BCUT2D eigenvalue weighted by Gasteiger charge is -2.19. The number of fused-ring (bicyclic) bond motifs is 6. The number of aromatic nitrogens is 2. The molecule has 0 saturated heterocycles. The summed E-state index contributed by atoms with van der Waals surface area (Å²) in [6.07, 6.45) is 0. The largest absolute Gasteiger partial charge is 0.309 e. The molecule has 0 spiro atoms. The second-order valence-electron chi connectivity index (χ2n) is 11.6. The van der Waals surface area contributed by atoms with E-state index in [1.165, 1.54) is 32.6 Å². The normalized spacial score (nSPS) is 11.5. The third-order valence-electron chi connectivity index (χ3n) is 9.15. The van der Waals surface area contributed by atoms with Gasteiger partial charge in [0.25, 0.3) is 0 Å². The van der Waals surface area contributed by atoms with Crippen molar-refractivity contribution < 1.29 is 0 Å². The fourth-order valence-electron chi connectivity index (χ4n) is 7.23. The molecule has 0 bridgehead atoms. The SMILES string of the molecule is [C-]#[N+]c1cccc(-c2cccc(-n3c4ccccc4c4ccccc43)c2)c1-c1ccccc1-n1c2ccccc2c2ccccc21. The van der Waals surface area contributed by atoms with E-state index < -0.39 is 0 Å². The summed E-state index contributed by atoms with van der Waals surface area (Å²) in [6.45, 7) is 8.25. The second kappa shape index (κ2) is 10.4. The second-order valence-corrected chi connectivity index (χ2v) is 11.6. The average Bonchev–Trinajstić information content (AvgIpc) is 3.64. The first kappa shape index (κ1) is 26.1. The molecule has 214 valence electrons. The lowest BCUT2D eigenvalue weighted by molar-refractivity contribution is 1.18. The number of nitrogens with zero attached hydrogens (tertiary/aromatic N) is 3. The van der Waals surface area contributed by atoms with Gasteiger partial charge in [-0.2, -0.15) is 0 Å². The highest BCUT2D eigenvalue weighted by Gasteiger charge is 2.20. The molecular formula is C43H27N3. The van der Waals surface area contributed by atoms with Gasteiger partial charge in [0.15, 0.2) is 5.69 Å². The first-order valence-electron chi connectivity index (χ1n) is 15.5. The molecule has 9 aromatic rings. The van der Waals surface area contributed by atoms with E-state index in [1.807, 2.05) is 12.1 Å². The Hall–Kier alpha value is -6.37. The highest BCUT2D eigenvalue weighted by atomic mass is 15.0. The highest BCUT2D eigenvalue weighted by Crippen LogP contribution is 2.44. The number of hydrogen-bond acceptors (Lipinski definition) is 0. The summed E-state index contributed by atoms with van der Waals surface area (Å²) in [6, 6.07) is 57.6.